The summed E-state index contributed by atoms with van der Waals surface area (Å²) in [7, 11) is 3.69. The monoisotopic (exact) mass is 206 g/mol. The predicted octanol–water partition coefficient (Wildman–Crippen LogP) is -0.815. The van der Waals surface area contributed by atoms with Crippen LogP contribution in [0.1, 0.15) is 0 Å². The van der Waals surface area contributed by atoms with E-state index in [9.17, 15) is 0 Å². The van der Waals surface area contributed by atoms with Crippen molar-refractivity contribution in [3.8, 4) is 5.75 Å². The first-order valence-electron chi connectivity index (χ1n) is 5.14. The normalized spacial score (nSPS) is 16.5. The van der Waals surface area contributed by atoms with Gasteiger partial charge in [0.25, 0.3) is 0 Å². The lowest BCUT2D eigenvalue weighted by molar-refractivity contribution is 0.122. The quantitative estimate of drug-likeness (QED) is 0.592. The third-order valence-corrected chi connectivity index (χ3v) is 2.50. The van der Waals surface area contributed by atoms with Gasteiger partial charge >= 0.3 is 0 Å². The second-order valence-corrected chi connectivity index (χ2v) is 3.64. The summed E-state index contributed by atoms with van der Waals surface area (Å²) >= 11 is 0. The lowest BCUT2D eigenvalue weighted by atomic mass is 9.99. The Labute approximate surface area is 90.6 Å². The molecule has 1 aromatic heterocycles. The zero-order valence-electron chi connectivity index (χ0n) is 9.19. The van der Waals surface area contributed by atoms with E-state index in [0.29, 0.717) is 0 Å². The van der Waals surface area contributed by atoms with Gasteiger partial charge in [0.15, 0.2) is 11.6 Å². The fourth-order valence-electron chi connectivity index (χ4n) is 1.70. The molecule has 0 saturated carbocycles. The van der Waals surface area contributed by atoms with Crippen molar-refractivity contribution in [3.05, 3.63) is 12.3 Å². The summed E-state index contributed by atoms with van der Waals surface area (Å²) in [4.78, 5) is 6.61. The van der Waals surface area contributed by atoms with Gasteiger partial charge in [-0.15, -0.1) is 0 Å². The summed E-state index contributed by atoms with van der Waals surface area (Å²) in [5.41, 5.74) is 1.11. The number of nitrogens with zero attached hydrogens (tertiary/aromatic N) is 2. The van der Waals surface area contributed by atoms with Gasteiger partial charge in [-0.1, -0.05) is 5.46 Å². The van der Waals surface area contributed by atoms with Gasteiger partial charge in [-0.25, -0.2) is 4.98 Å². The molecular weight excluding hydrogens is 191 g/mol. The first-order valence-corrected chi connectivity index (χ1v) is 5.14. The minimum Gasteiger partial charge on any atom is -0.493 e. The van der Waals surface area contributed by atoms with Gasteiger partial charge in [0, 0.05) is 19.3 Å². The number of ether oxygens (including phenoxy) is 2. The van der Waals surface area contributed by atoms with Crippen molar-refractivity contribution in [3.63, 3.8) is 0 Å². The third kappa shape index (κ3) is 2.23. The highest BCUT2D eigenvalue weighted by Gasteiger charge is 2.16. The molecule has 0 radical (unpaired) electrons. The maximum atomic E-state index is 5.33. The van der Waals surface area contributed by atoms with Gasteiger partial charge in [-0.3, -0.25) is 0 Å². The average Bonchev–Trinajstić information content (AvgIpc) is 2.30. The zero-order chi connectivity index (χ0) is 10.7. The Morgan fingerprint density at radius 1 is 1.47 bits per heavy atom. The summed E-state index contributed by atoms with van der Waals surface area (Å²) in [5.74, 6) is 1.77. The fraction of sp³-hybridized carbons (Fsp3) is 0.500. The maximum absolute atomic E-state index is 5.33. The lowest BCUT2D eigenvalue weighted by Crippen LogP contribution is -2.37. The van der Waals surface area contributed by atoms with E-state index in [1.807, 2.05) is 20.1 Å². The number of aromatic nitrogens is 1. The van der Waals surface area contributed by atoms with Gasteiger partial charge in [0.1, 0.15) is 7.85 Å². The van der Waals surface area contributed by atoms with E-state index in [2.05, 4.69) is 9.88 Å². The van der Waals surface area contributed by atoms with Gasteiger partial charge in [0.2, 0.25) is 0 Å². The third-order valence-electron chi connectivity index (χ3n) is 2.50. The first kappa shape index (κ1) is 10.3. The number of pyridine rings is 1. The SMILES string of the molecule is Bc1cnc(N2CCOCC2)c(OC)c1. The zero-order valence-corrected chi connectivity index (χ0v) is 9.19. The molecule has 2 heterocycles. The molecule has 1 saturated heterocycles. The molecule has 1 aliphatic heterocycles. The summed E-state index contributed by atoms with van der Waals surface area (Å²) in [5, 5.41) is 0. The molecule has 0 N–H and O–H groups in total. The summed E-state index contributed by atoms with van der Waals surface area (Å²) in [6, 6.07) is 2.01. The Hall–Kier alpha value is -1.23. The number of hydrogen-bond donors (Lipinski definition) is 0. The van der Waals surface area contributed by atoms with Crippen molar-refractivity contribution >= 4 is 19.1 Å². The second kappa shape index (κ2) is 4.53. The van der Waals surface area contributed by atoms with Crippen molar-refractivity contribution in [1.82, 2.24) is 4.98 Å². The van der Waals surface area contributed by atoms with Crippen LogP contribution in [0.4, 0.5) is 5.82 Å². The van der Waals surface area contributed by atoms with Crippen LogP contribution in [0.2, 0.25) is 0 Å². The molecule has 0 aliphatic carbocycles. The Morgan fingerprint density at radius 2 is 2.20 bits per heavy atom. The highest BCUT2D eigenvalue weighted by molar-refractivity contribution is 6.32. The molecule has 0 aromatic carbocycles. The molecular formula is C10H15BN2O2. The molecule has 1 fully saturated rings. The van der Waals surface area contributed by atoms with E-state index in [1.165, 1.54) is 0 Å². The molecule has 15 heavy (non-hydrogen) atoms. The van der Waals surface area contributed by atoms with Crippen LogP contribution in [0.15, 0.2) is 12.3 Å². The Bertz CT molecular complexity index is 340. The lowest BCUT2D eigenvalue weighted by Gasteiger charge is -2.28. The van der Waals surface area contributed by atoms with E-state index in [0.717, 1.165) is 43.3 Å². The fourth-order valence-corrected chi connectivity index (χ4v) is 1.70. The first-order chi connectivity index (χ1) is 7.31. The van der Waals surface area contributed by atoms with Gasteiger partial charge in [0.05, 0.1) is 20.3 Å². The van der Waals surface area contributed by atoms with Crippen LogP contribution >= 0.6 is 0 Å². The molecule has 2 rings (SSSR count). The summed E-state index contributed by atoms with van der Waals surface area (Å²) in [6.07, 6.45) is 1.87. The smallest absolute Gasteiger partial charge is 0.171 e. The van der Waals surface area contributed by atoms with Gasteiger partial charge in [-0.2, -0.15) is 0 Å². The summed E-state index contributed by atoms with van der Waals surface area (Å²) in [6.45, 7) is 3.29. The molecule has 0 amide bonds. The van der Waals surface area contributed by atoms with Crippen molar-refractivity contribution in [1.29, 1.82) is 0 Å². The molecule has 0 atom stereocenters. The van der Waals surface area contributed by atoms with Crippen LogP contribution in [-0.2, 0) is 4.74 Å². The number of methoxy groups -OCH3 is 1. The van der Waals surface area contributed by atoms with E-state index in [4.69, 9.17) is 9.47 Å². The number of rotatable bonds is 2. The molecule has 5 heteroatoms. The number of morpholine rings is 1. The van der Waals surface area contributed by atoms with Crippen LogP contribution in [0.3, 0.4) is 0 Å². The average molecular weight is 206 g/mol. The number of hydrogen-bond acceptors (Lipinski definition) is 4. The largest absolute Gasteiger partial charge is 0.493 e. The highest BCUT2D eigenvalue weighted by atomic mass is 16.5. The van der Waals surface area contributed by atoms with Crippen molar-refractivity contribution in [2.24, 2.45) is 0 Å². The molecule has 4 nitrogen and oxygen atoms in total. The molecule has 0 unspecified atom stereocenters. The van der Waals surface area contributed by atoms with Crippen molar-refractivity contribution < 1.29 is 9.47 Å². The second-order valence-electron chi connectivity index (χ2n) is 3.64. The minimum absolute atomic E-state index is 0.763. The van der Waals surface area contributed by atoms with Gasteiger partial charge in [-0.05, 0) is 6.07 Å². The predicted molar refractivity (Wildman–Crippen MR) is 62.0 cm³/mol. The van der Waals surface area contributed by atoms with Crippen LogP contribution in [0.25, 0.3) is 0 Å². The van der Waals surface area contributed by atoms with Crippen LogP contribution < -0.4 is 15.1 Å². The van der Waals surface area contributed by atoms with E-state index < -0.39 is 0 Å². The maximum Gasteiger partial charge on any atom is 0.171 e. The van der Waals surface area contributed by atoms with Crippen molar-refractivity contribution in [2.45, 2.75) is 0 Å². The molecule has 1 aliphatic rings. The van der Waals surface area contributed by atoms with E-state index in [1.54, 1.807) is 7.11 Å². The van der Waals surface area contributed by atoms with Crippen LogP contribution in [0, 0.1) is 0 Å². The topological polar surface area (TPSA) is 34.6 Å². The standard InChI is InChI=1S/C10H15BN2O2/c1-14-9-6-8(11)7-12-10(9)13-2-4-15-5-3-13/h6-7H,2-5,11H2,1H3. The molecule has 80 valence electrons. The minimum atomic E-state index is 0.763. The Morgan fingerprint density at radius 3 is 2.87 bits per heavy atom. The Balaban J connectivity index is 2.25. The van der Waals surface area contributed by atoms with Crippen molar-refractivity contribution in [2.75, 3.05) is 38.3 Å². The number of anilines is 1. The molecule has 0 bridgehead atoms. The summed E-state index contributed by atoms with van der Waals surface area (Å²) < 4.78 is 10.6. The van der Waals surface area contributed by atoms with Crippen LogP contribution in [-0.4, -0.2) is 46.2 Å². The van der Waals surface area contributed by atoms with Crippen LogP contribution in [0.5, 0.6) is 5.75 Å². The van der Waals surface area contributed by atoms with E-state index >= 15 is 0 Å². The van der Waals surface area contributed by atoms with Gasteiger partial charge < -0.3 is 14.4 Å². The Kier molecular flexibility index (Phi) is 3.11. The highest BCUT2D eigenvalue weighted by Crippen LogP contribution is 2.24. The van der Waals surface area contributed by atoms with E-state index in [-0.39, 0.29) is 0 Å². The molecule has 1 aromatic rings. The molecule has 0 spiro atoms.